The predicted octanol–water partition coefficient (Wildman–Crippen LogP) is 2.76. The Morgan fingerprint density at radius 2 is 2.08 bits per heavy atom. The standard InChI is InChI=1S/C19H18FN3O2/c20-15-3-6-17-14(10-15)12-23(16-4-5-16)18(24)7-9-22(17)19(25)13-2-1-8-21-11-13/h1-3,6,8,10-11,16H,4-5,7,9,12H2. The van der Waals surface area contributed by atoms with Gasteiger partial charge in [0.15, 0.2) is 0 Å². The second-order valence-corrected chi connectivity index (χ2v) is 6.47. The molecule has 6 heteroatoms. The molecule has 1 aliphatic heterocycles. The van der Waals surface area contributed by atoms with Crippen LogP contribution in [0.4, 0.5) is 10.1 Å². The number of carbonyl (C=O) groups excluding carboxylic acids is 2. The molecule has 0 unspecified atom stereocenters. The second-order valence-electron chi connectivity index (χ2n) is 6.47. The van der Waals surface area contributed by atoms with Crippen molar-refractivity contribution < 1.29 is 14.0 Å². The molecule has 1 aromatic heterocycles. The maximum absolute atomic E-state index is 13.8. The molecule has 128 valence electrons. The van der Waals surface area contributed by atoms with Gasteiger partial charge in [0.2, 0.25) is 5.91 Å². The minimum Gasteiger partial charge on any atom is -0.335 e. The fourth-order valence-corrected chi connectivity index (χ4v) is 3.26. The number of halogens is 1. The van der Waals surface area contributed by atoms with Crippen LogP contribution in [0.5, 0.6) is 0 Å². The van der Waals surface area contributed by atoms with Gasteiger partial charge in [0, 0.05) is 43.6 Å². The van der Waals surface area contributed by atoms with Crippen molar-refractivity contribution in [2.75, 3.05) is 11.4 Å². The Morgan fingerprint density at radius 3 is 2.80 bits per heavy atom. The van der Waals surface area contributed by atoms with Gasteiger partial charge in [-0.3, -0.25) is 14.6 Å². The fourth-order valence-electron chi connectivity index (χ4n) is 3.26. The molecule has 0 radical (unpaired) electrons. The van der Waals surface area contributed by atoms with Crippen LogP contribution in [0.3, 0.4) is 0 Å². The summed E-state index contributed by atoms with van der Waals surface area (Å²) in [4.78, 5) is 32.8. The number of amides is 2. The first-order chi connectivity index (χ1) is 12.1. The lowest BCUT2D eigenvalue weighted by atomic mass is 10.1. The number of benzene rings is 1. The molecule has 2 aliphatic rings. The highest BCUT2D eigenvalue weighted by Crippen LogP contribution is 2.33. The van der Waals surface area contributed by atoms with E-state index in [2.05, 4.69) is 4.98 Å². The van der Waals surface area contributed by atoms with E-state index in [1.807, 2.05) is 4.90 Å². The molecule has 1 aliphatic carbocycles. The maximum atomic E-state index is 13.8. The first-order valence-corrected chi connectivity index (χ1v) is 8.43. The summed E-state index contributed by atoms with van der Waals surface area (Å²) in [6.45, 7) is 0.613. The highest BCUT2D eigenvalue weighted by molar-refractivity contribution is 6.06. The Labute approximate surface area is 145 Å². The Hall–Kier alpha value is -2.76. The molecular formula is C19H18FN3O2. The average Bonchev–Trinajstić information content (AvgIpc) is 3.45. The maximum Gasteiger partial charge on any atom is 0.259 e. The number of hydrogen-bond donors (Lipinski definition) is 0. The van der Waals surface area contributed by atoms with Crippen molar-refractivity contribution in [2.24, 2.45) is 0 Å². The number of anilines is 1. The van der Waals surface area contributed by atoms with E-state index in [4.69, 9.17) is 0 Å². The Kier molecular flexibility index (Phi) is 3.95. The Morgan fingerprint density at radius 1 is 1.24 bits per heavy atom. The lowest BCUT2D eigenvalue weighted by molar-refractivity contribution is -0.132. The van der Waals surface area contributed by atoms with E-state index in [-0.39, 0.29) is 36.6 Å². The molecule has 2 amide bonds. The van der Waals surface area contributed by atoms with Crippen molar-refractivity contribution >= 4 is 17.5 Å². The van der Waals surface area contributed by atoms with Gasteiger partial charge in [-0.1, -0.05) is 0 Å². The van der Waals surface area contributed by atoms with Gasteiger partial charge in [0.05, 0.1) is 5.56 Å². The monoisotopic (exact) mass is 339 g/mol. The highest BCUT2D eigenvalue weighted by Gasteiger charge is 2.35. The van der Waals surface area contributed by atoms with Gasteiger partial charge in [-0.25, -0.2) is 4.39 Å². The number of fused-ring (bicyclic) bond motifs is 1. The van der Waals surface area contributed by atoms with E-state index in [9.17, 15) is 14.0 Å². The van der Waals surface area contributed by atoms with Crippen LogP contribution in [0, 0.1) is 5.82 Å². The molecule has 1 fully saturated rings. The number of aromatic nitrogens is 1. The van der Waals surface area contributed by atoms with Crippen LogP contribution >= 0.6 is 0 Å². The number of pyridine rings is 1. The molecule has 4 rings (SSSR count). The predicted molar refractivity (Wildman–Crippen MR) is 90.5 cm³/mol. The molecule has 25 heavy (non-hydrogen) atoms. The van der Waals surface area contributed by atoms with Gasteiger partial charge in [-0.15, -0.1) is 0 Å². The van der Waals surface area contributed by atoms with E-state index in [0.29, 0.717) is 23.4 Å². The van der Waals surface area contributed by atoms with Gasteiger partial charge < -0.3 is 9.80 Å². The molecule has 2 heterocycles. The van der Waals surface area contributed by atoms with Crippen molar-refractivity contribution in [2.45, 2.75) is 31.8 Å². The van der Waals surface area contributed by atoms with Crippen LogP contribution in [0.2, 0.25) is 0 Å². The van der Waals surface area contributed by atoms with Gasteiger partial charge in [-0.2, -0.15) is 0 Å². The van der Waals surface area contributed by atoms with Gasteiger partial charge in [0.1, 0.15) is 5.82 Å². The molecule has 0 saturated heterocycles. The number of rotatable bonds is 2. The summed E-state index contributed by atoms with van der Waals surface area (Å²) in [6.07, 6.45) is 5.36. The summed E-state index contributed by atoms with van der Waals surface area (Å²) in [5, 5.41) is 0. The van der Waals surface area contributed by atoms with Crippen molar-refractivity contribution in [3.63, 3.8) is 0 Å². The summed E-state index contributed by atoms with van der Waals surface area (Å²) >= 11 is 0. The van der Waals surface area contributed by atoms with Crippen molar-refractivity contribution in [1.82, 2.24) is 9.88 Å². The molecular weight excluding hydrogens is 321 g/mol. The molecule has 0 spiro atoms. The minimum absolute atomic E-state index is 0.0152. The topological polar surface area (TPSA) is 53.5 Å². The SMILES string of the molecule is O=C(c1cccnc1)N1CCC(=O)N(C2CC2)Cc2cc(F)ccc21. The smallest absolute Gasteiger partial charge is 0.259 e. The van der Waals surface area contributed by atoms with Crippen LogP contribution in [0.25, 0.3) is 0 Å². The van der Waals surface area contributed by atoms with Crippen molar-refractivity contribution in [3.8, 4) is 0 Å². The molecule has 5 nitrogen and oxygen atoms in total. The minimum atomic E-state index is -0.365. The molecule has 0 bridgehead atoms. The first kappa shape index (κ1) is 15.7. The fraction of sp³-hybridized carbons (Fsp3) is 0.316. The Balaban J connectivity index is 1.74. The van der Waals surface area contributed by atoms with E-state index in [1.165, 1.54) is 18.3 Å². The average molecular weight is 339 g/mol. The third-order valence-corrected chi connectivity index (χ3v) is 4.68. The molecule has 1 saturated carbocycles. The van der Waals surface area contributed by atoms with Crippen LogP contribution in [-0.4, -0.2) is 34.3 Å². The van der Waals surface area contributed by atoms with Crippen molar-refractivity contribution in [1.29, 1.82) is 0 Å². The van der Waals surface area contributed by atoms with E-state index in [0.717, 1.165) is 12.8 Å². The second kappa shape index (κ2) is 6.27. The number of hydrogen-bond acceptors (Lipinski definition) is 3. The van der Waals surface area contributed by atoms with E-state index >= 15 is 0 Å². The first-order valence-electron chi connectivity index (χ1n) is 8.43. The summed E-state index contributed by atoms with van der Waals surface area (Å²) in [5.41, 5.74) is 1.77. The zero-order valence-electron chi connectivity index (χ0n) is 13.7. The van der Waals surface area contributed by atoms with Crippen LogP contribution in [-0.2, 0) is 11.3 Å². The zero-order valence-corrected chi connectivity index (χ0v) is 13.7. The third-order valence-electron chi connectivity index (χ3n) is 4.68. The lowest BCUT2D eigenvalue weighted by Crippen LogP contribution is -2.41. The summed E-state index contributed by atoms with van der Waals surface area (Å²) in [6, 6.07) is 8.04. The van der Waals surface area contributed by atoms with E-state index in [1.54, 1.807) is 29.3 Å². The van der Waals surface area contributed by atoms with Gasteiger partial charge in [-0.05, 0) is 48.7 Å². The quantitative estimate of drug-likeness (QED) is 0.845. The Bertz CT molecular complexity index is 821. The zero-order chi connectivity index (χ0) is 17.4. The van der Waals surface area contributed by atoms with Crippen LogP contribution in [0.1, 0.15) is 35.2 Å². The third kappa shape index (κ3) is 3.12. The van der Waals surface area contributed by atoms with Crippen molar-refractivity contribution in [3.05, 3.63) is 59.7 Å². The lowest BCUT2D eigenvalue weighted by Gasteiger charge is -2.32. The van der Waals surface area contributed by atoms with E-state index < -0.39 is 0 Å². The highest BCUT2D eigenvalue weighted by atomic mass is 19.1. The molecule has 1 aromatic carbocycles. The summed E-state index contributed by atoms with van der Waals surface area (Å²) in [5.74, 6) is -0.577. The molecule has 2 aromatic rings. The number of carbonyl (C=O) groups is 2. The summed E-state index contributed by atoms with van der Waals surface area (Å²) in [7, 11) is 0. The normalized spacial score (nSPS) is 17.7. The van der Waals surface area contributed by atoms with Crippen LogP contribution < -0.4 is 4.90 Å². The number of nitrogens with zero attached hydrogens (tertiary/aromatic N) is 3. The molecule has 0 N–H and O–H groups in total. The molecule has 0 atom stereocenters. The van der Waals surface area contributed by atoms with Gasteiger partial charge in [0.25, 0.3) is 5.91 Å². The summed E-state index contributed by atoms with van der Waals surface area (Å²) < 4.78 is 13.8. The van der Waals surface area contributed by atoms with Gasteiger partial charge >= 0.3 is 0 Å². The largest absolute Gasteiger partial charge is 0.335 e. The van der Waals surface area contributed by atoms with Crippen LogP contribution in [0.15, 0.2) is 42.7 Å².